The standard InChI is InChI=1S/C21H35N3O5/c1-5-28-21(26)15-23(3)13-17-6-7-19(27-4)20(12-17)29-16-18(25)14-24-10-8-22(2)9-11-24/h6-7,12,18,25H,5,8-11,13-16H2,1-4H3/t18-/m0/s1. The highest BCUT2D eigenvalue weighted by Gasteiger charge is 2.18. The number of esters is 1. The first-order valence-electron chi connectivity index (χ1n) is 10.1. The van der Waals surface area contributed by atoms with Gasteiger partial charge in [-0.15, -0.1) is 0 Å². The lowest BCUT2D eigenvalue weighted by Gasteiger charge is -2.33. The summed E-state index contributed by atoms with van der Waals surface area (Å²) in [6, 6.07) is 5.67. The number of methoxy groups -OCH3 is 1. The summed E-state index contributed by atoms with van der Waals surface area (Å²) in [5.41, 5.74) is 0.987. The molecule has 1 atom stereocenters. The van der Waals surface area contributed by atoms with Crippen LogP contribution in [0.5, 0.6) is 11.5 Å². The minimum atomic E-state index is -0.571. The minimum absolute atomic E-state index is 0.199. The Morgan fingerprint density at radius 1 is 1.24 bits per heavy atom. The number of carbonyl (C=O) groups excluding carboxylic acids is 1. The first-order chi connectivity index (χ1) is 13.9. The van der Waals surface area contributed by atoms with E-state index in [-0.39, 0.29) is 19.1 Å². The van der Waals surface area contributed by atoms with E-state index in [0.29, 0.717) is 31.2 Å². The number of carbonyl (C=O) groups is 1. The van der Waals surface area contributed by atoms with Crippen LogP contribution in [0.1, 0.15) is 12.5 Å². The van der Waals surface area contributed by atoms with E-state index in [1.165, 1.54) is 0 Å². The zero-order valence-electron chi connectivity index (χ0n) is 18.1. The molecular formula is C21H35N3O5. The number of nitrogens with zero attached hydrogens (tertiary/aromatic N) is 3. The van der Waals surface area contributed by atoms with E-state index in [2.05, 4.69) is 16.8 Å². The molecule has 0 unspecified atom stereocenters. The van der Waals surface area contributed by atoms with Crippen LogP contribution in [0.3, 0.4) is 0 Å². The summed E-state index contributed by atoms with van der Waals surface area (Å²) in [6.45, 7) is 7.71. The van der Waals surface area contributed by atoms with Crippen molar-refractivity contribution in [3.63, 3.8) is 0 Å². The second-order valence-electron chi connectivity index (χ2n) is 7.53. The third-order valence-corrected chi connectivity index (χ3v) is 4.88. The predicted octanol–water partition coefficient (Wildman–Crippen LogP) is 0.677. The van der Waals surface area contributed by atoms with Gasteiger partial charge in [-0.05, 0) is 38.7 Å². The number of benzene rings is 1. The molecule has 0 bridgehead atoms. The molecule has 0 aliphatic carbocycles. The minimum Gasteiger partial charge on any atom is -0.493 e. The maximum Gasteiger partial charge on any atom is 0.320 e. The van der Waals surface area contributed by atoms with Crippen molar-refractivity contribution < 1.29 is 24.1 Å². The van der Waals surface area contributed by atoms with Crippen molar-refractivity contribution >= 4 is 5.97 Å². The number of hydrogen-bond donors (Lipinski definition) is 1. The van der Waals surface area contributed by atoms with E-state index in [0.717, 1.165) is 31.7 Å². The van der Waals surface area contributed by atoms with Gasteiger partial charge < -0.3 is 24.2 Å². The molecule has 1 aliphatic rings. The van der Waals surface area contributed by atoms with E-state index in [9.17, 15) is 9.90 Å². The van der Waals surface area contributed by atoms with Crippen molar-refractivity contribution in [3.8, 4) is 11.5 Å². The molecule has 0 aromatic heterocycles. The largest absolute Gasteiger partial charge is 0.493 e. The van der Waals surface area contributed by atoms with Crippen LogP contribution in [0, 0.1) is 0 Å². The maximum atomic E-state index is 11.6. The lowest BCUT2D eigenvalue weighted by molar-refractivity contribution is -0.144. The Morgan fingerprint density at radius 2 is 1.97 bits per heavy atom. The van der Waals surface area contributed by atoms with E-state index >= 15 is 0 Å². The van der Waals surface area contributed by atoms with E-state index in [1.54, 1.807) is 14.0 Å². The van der Waals surface area contributed by atoms with Gasteiger partial charge in [0.2, 0.25) is 0 Å². The summed E-state index contributed by atoms with van der Waals surface area (Å²) < 4.78 is 16.2. The fourth-order valence-electron chi connectivity index (χ4n) is 3.29. The number of rotatable bonds is 11. The van der Waals surface area contributed by atoms with Gasteiger partial charge in [0.25, 0.3) is 0 Å². The lowest BCUT2D eigenvalue weighted by Crippen LogP contribution is -2.47. The monoisotopic (exact) mass is 409 g/mol. The molecule has 29 heavy (non-hydrogen) atoms. The Hall–Kier alpha value is -1.87. The van der Waals surface area contributed by atoms with Crippen LogP contribution in [0.4, 0.5) is 0 Å². The summed E-state index contributed by atoms with van der Waals surface area (Å²) in [5.74, 6) is 0.965. The quantitative estimate of drug-likeness (QED) is 0.535. The SMILES string of the molecule is CCOC(=O)CN(C)Cc1ccc(OC)c(OC[C@@H](O)CN2CCN(C)CC2)c1. The zero-order valence-corrected chi connectivity index (χ0v) is 18.1. The molecule has 0 radical (unpaired) electrons. The van der Waals surface area contributed by atoms with E-state index in [1.807, 2.05) is 30.1 Å². The number of likely N-dealkylation sites (N-methyl/N-ethyl adjacent to an activating group) is 2. The molecule has 1 saturated heterocycles. The van der Waals surface area contributed by atoms with Gasteiger partial charge in [0.15, 0.2) is 11.5 Å². The first-order valence-corrected chi connectivity index (χ1v) is 10.1. The Bertz CT molecular complexity index is 635. The molecular weight excluding hydrogens is 374 g/mol. The van der Waals surface area contributed by atoms with Gasteiger partial charge in [-0.1, -0.05) is 6.07 Å². The van der Waals surface area contributed by atoms with Crippen molar-refractivity contribution in [2.24, 2.45) is 0 Å². The molecule has 0 saturated carbocycles. The van der Waals surface area contributed by atoms with Gasteiger partial charge in [-0.25, -0.2) is 0 Å². The van der Waals surface area contributed by atoms with Crippen LogP contribution in [0.2, 0.25) is 0 Å². The molecule has 164 valence electrons. The summed E-state index contributed by atoms with van der Waals surface area (Å²) in [7, 11) is 5.57. The van der Waals surface area contributed by atoms with Crippen LogP contribution in [0.15, 0.2) is 18.2 Å². The maximum absolute atomic E-state index is 11.6. The Balaban J connectivity index is 1.88. The molecule has 1 N–H and O–H groups in total. The van der Waals surface area contributed by atoms with Gasteiger partial charge in [-0.3, -0.25) is 14.6 Å². The second-order valence-corrected chi connectivity index (χ2v) is 7.53. The molecule has 0 amide bonds. The molecule has 1 heterocycles. The van der Waals surface area contributed by atoms with Gasteiger partial charge in [0.1, 0.15) is 12.7 Å². The fourth-order valence-corrected chi connectivity index (χ4v) is 3.29. The van der Waals surface area contributed by atoms with Crippen LogP contribution in [-0.2, 0) is 16.1 Å². The van der Waals surface area contributed by atoms with Gasteiger partial charge in [0.05, 0.1) is 20.3 Å². The average Bonchev–Trinajstić information content (AvgIpc) is 2.68. The van der Waals surface area contributed by atoms with Crippen LogP contribution >= 0.6 is 0 Å². The molecule has 1 aromatic carbocycles. The zero-order chi connectivity index (χ0) is 21.2. The highest BCUT2D eigenvalue weighted by atomic mass is 16.5. The summed E-state index contributed by atoms with van der Waals surface area (Å²) in [5, 5.41) is 10.4. The third-order valence-electron chi connectivity index (χ3n) is 4.88. The number of aliphatic hydroxyl groups is 1. The van der Waals surface area contributed by atoms with Crippen molar-refractivity contribution in [2.75, 3.05) is 73.7 Å². The molecule has 0 spiro atoms. The number of hydrogen-bond acceptors (Lipinski definition) is 8. The van der Waals surface area contributed by atoms with Crippen molar-refractivity contribution in [3.05, 3.63) is 23.8 Å². The molecule has 1 aliphatic heterocycles. The van der Waals surface area contributed by atoms with Crippen molar-refractivity contribution in [1.82, 2.24) is 14.7 Å². The fraction of sp³-hybridized carbons (Fsp3) is 0.667. The summed E-state index contributed by atoms with van der Waals surface area (Å²) in [6.07, 6.45) is -0.571. The molecule has 1 fully saturated rings. The van der Waals surface area contributed by atoms with Crippen LogP contribution in [0.25, 0.3) is 0 Å². The number of aliphatic hydroxyl groups excluding tert-OH is 1. The first kappa shape index (κ1) is 23.4. The van der Waals surface area contributed by atoms with E-state index < -0.39 is 6.10 Å². The molecule has 8 nitrogen and oxygen atoms in total. The topological polar surface area (TPSA) is 74.7 Å². The molecule has 2 rings (SSSR count). The highest BCUT2D eigenvalue weighted by Crippen LogP contribution is 2.28. The summed E-state index contributed by atoms with van der Waals surface area (Å²) >= 11 is 0. The van der Waals surface area contributed by atoms with Gasteiger partial charge >= 0.3 is 5.97 Å². The van der Waals surface area contributed by atoms with Crippen molar-refractivity contribution in [2.45, 2.75) is 19.6 Å². The van der Waals surface area contributed by atoms with Gasteiger partial charge in [-0.2, -0.15) is 0 Å². The normalized spacial score (nSPS) is 16.6. The smallest absolute Gasteiger partial charge is 0.320 e. The van der Waals surface area contributed by atoms with Crippen molar-refractivity contribution in [1.29, 1.82) is 0 Å². The van der Waals surface area contributed by atoms with E-state index in [4.69, 9.17) is 14.2 Å². The van der Waals surface area contributed by atoms with Crippen LogP contribution < -0.4 is 9.47 Å². The molecule has 8 heteroatoms. The number of ether oxygens (including phenoxy) is 3. The predicted molar refractivity (Wildman–Crippen MR) is 111 cm³/mol. The van der Waals surface area contributed by atoms with Gasteiger partial charge in [0, 0.05) is 39.3 Å². The lowest BCUT2D eigenvalue weighted by atomic mass is 10.2. The molecule has 1 aromatic rings. The number of piperazine rings is 1. The number of β-amino-alcohol motifs (C(OH)–C–C–N with tert-alkyl or cyclic N) is 1. The Morgan fingerprint density at radius 3 is 2.62 bits per heavy atom. The van der Waals surface area contributed by atoms with Crippen LogP contribution in [-0.4, -0.2) is 106 Å². The third kappa shape index (κ3) is 8.18. The highest BCUT2D eigenvalue weighted by molar-refractivity contribution is 5.71. The average molecular weight is 410 g/mol. The Kier molecular flexibility index (Phi) is 9.66. The summed E-state index contributed by atoms with van der Waals surface area (Å²) in [4.78, 5) is 18.1. The second kappa shape index (κ2) is 12.0. The Labute approximate surface area is 173 Å².